The van der Waals surface area contributed by atoms with Crippen molar-refractivity contribution in [3.63, 3.8) is 0 Å². The van der Waals surface area contributed by atoms with Gasteiger partial charge >= 0.3 is 0 Å². The van der Waals surface area contributed by atoms with Crippen LogP contribution in [0.4, 0.5) is 5.69 Å². The van der Waals surface area contributed by atoms with Crippen molar-refractivity contribution in [1.29, 1.82) is 0 Å². The fourth-order valence-electron chi connectivity index (χ4n) is 2.30. The van der Waals surface area contributed by atoms with E-state index in [9.17, 15) is 8.42 Å². The van der Waals surface area contributed by atoms with Crippen molar-refractivity contribution in [2.45, 2.75) is 37.2 Å². The molecule has 2 aromatic rings. The number of nitrogens with zero attached hydrogens (tertiary/aromatic N) is 2. The third-order valence-corrected chi connectivity index (χ3v) is 4.60. The summed E-state index contributed by atoms with van der Waals surface area (Å²) in [6, 6.07) is 5.41. The highest BCUT2D eigenvalue weighted by molar-refractivity contribution is 7.89. The van der Waals surface area contributed by atoms with Gasteiger partial charge in [-0.25, -0.2) is 18.5 Å². The zero-order chi connectivity index (χ0) is 15.0. The number of nitrogens with two attached hydrogens (primary N) is 1. The van der Waals surface area contributed by atoms with Crippen LogP contribution in [0.2, 0.25) is 0 Å². The number of hydrogen-bond donors (Lipinski definition) is 2. The first kappa shape index (κ1) is 14.1. The Morgan fingerprint density at radius 3 is 2.86 bits per heavy atom. The van der Waals surface area contributed by atoms with Gasteiger partial charge in [0.2, 0.25) is 10.0 Å². The third kappa shape index (κ3) is 3.08. The second-order valence-electron chi connectivity index (χ2n) is 5.40. The molecule has 3 rings (SSSR count). The lowest BCUT2D eigenvalue weighted by Gasteiger charge is -2.12. The number of benzene rings is 1. The maximum Gasteiger partial charge on any atom is 0.238 e. The number of hydrogen-bond acceptors (Lipinski definition) is 4. The maximum absolute atomic E-state index is 11.4. The molecule has 1 aliphatic rings. The van der Waals surface area contributed by atoms with Gasteiger partial charge < -0.3 is 9.88 Å². The molecule has 1 aromatic heterocycles. The van der Waals surface area contributed by atoms with Gasteiger partial charge in [0.05, 0.1) is 23.5 Å². The Hall–Kier alpha value is -1.86. The number of aryl methyl sites for hydroxylation is 1. The van der Waals surface area contributed by atoms with Crippen molar-refractivity contribution in [2.75, 3.05) is 5.32 Å². The normalized spacial score (nSPS) is 15.1. The average Bonchev–Trinajstić information content (AvgIpc) is 3.16. The van der Waals surface area contributed by atoms with Crippen molar-refractivity contribution in [2.24, 2.45) is 5.14 Å². The van der Waals surface area contributed by atoms with E-state index < -0.39 is 10.0 Å². The molecule has 1 aliphatic carbocycles. The summed E-state index contributed by atoms with van der Waals surface area (Å²) in [7, 11) is -3.68. The van der Waals surface area contributed by atoms with E-state index in [0.29, 0.717) is 12.6 Å². The second kappa shape index (κ2) is 5.16. The molecule has 0 radical (unpaired) electrons. The van der Waals surface area contributed by atoms with E-state index >= 15 is 0 Å². The first-order valence-corrected chi connectivity index (χ1v) is 8.38. The van der Waals surface area contributed by atoms with Crippen LogP contribution < -0.4 is 10.5 Å². The Balaban J connectivity index is 1.79. The first-order valence-electron chi connectivity index (χ1n) is 6.83. The van der Waals surface area contributed by atoms with Gasteiger partial charge in [-0.1, -0.05) is 6.07 Å². The van der Waals surface area contributed by atoms with E-state index in [1.807, 2.05) is 19.4 Å². The predicted octanol–water partition coefficient (Wildman–Crippen LogP) is 1.79. The van der Waals surface area contributed by atoms with Gasteiger partial charge in [0, 0.05) is 17.9 Å². The topological polar surface area (TPSA) is 90.0 Å². The molecule has 3 N–H and O–H groups in total. The Kier molecular flexibility index (Phi) is 3.46. The number of aromatic nitrogens is 2. The molecular weight excluding hydrogens is 288 g/mol. The molecule has 1 saturated carbocycles. The van der Waals surface area contributed by atoms with Crippen molar-refractivity contribution >= 4 is 15.7 Å². The van der Waals surface area contributed by atoms with E-state index in [4.69, 9.17) is 5.14 Å². The molecule has 0 unspecified atom stereocenters. The molecule has 0 amide bonds. The fourth-order valence-corrected chi connectivity index (χ4v) is 2.84. The summed E-state index contributed by atoms with van der Waals surface area (Å²) in [6.07, 6.45) is 6.08. The molecule has 1 fully saturated rings. The van der Waals surface area contributed by atoms with Crippen LogP contribution in [0.5, 0.6) is 0 Å². The summed E-state index contributed by atoms with van der Waals surface area (Å²) < 4.78 is 25.0. The summed E-state index contributed by atoms with van der Waals surface area (Å²) in [5.74, 6) is 0. The summed E-state index contributed by atoms with van der Waals surface area (Å²) in [4.78, 5) is 4.30. The van der Waals surface area contributed by atoms with Crippen LogP contribution in [0.25, 0.3) is 0 Å². The molecule has 1 aromatic carbocycles. The van der Waals surface area contributed by atoms with Gasteiger partial charge in [0.25, 0.3) is 0 Å². The largest absolute Gasteiger partial charge is 0.379 e. The number of nitrogens with one attached hydrogen (secondary N) is 1. The van der Waals surface area contributed by atoms with Gasteiger partial charge in [-0.2, -0.15) is 0 Å². The van der Waals surface area contributed by atoms with Crippen LogP contribution in [-0.2, 0) is 16.6 Å². The monoisotopic (exact) mass is 306 g/mol. The van der Waals surface area contributed by atoms with E-state index in [-0.39, 0.29) is 4.90 Å². The van der Waals surface area contributed by atoms with Crippen LogP contribution >= 0.6 is 0 Å². The first-order chi connectivity index (χ1) is 9.95. The minimum atomic E-state index is -3.68. The summed E-state index contributed by atoms with van der Waals surface area (Å²) in [5.41, 5.74) is 2.84. The molecule has 0 saturated heterocycles. The van der Waals surface area contributed by atoms with Gasteiger partial charge in [0.1, 0.15) is 0 Å². The molecule has 0 aliphatic heterocycles. The minimum absolute atomic E-state index is 0.117. The fraction of sp³-hybridized carbons (Fsp3) is 0.357. The van der Waals surface area contributed by atoms with Crippen molar-refractivity contribution < 1.29 is 8.42 Å². The molecule has 0 spiro atoms. The predicted molar refractivity (Wildman–Crippen MR) is 80.4 cm³/mol. The number of sulfonamides is 1. The standard InChI is InChI=1S/C14H18N4O2S/c1-10-2-5-13(21(15,19)20)6-14(10)17-8-12-7-16-9-18(12)11-3-4-11/h2,5-7,9,11,17H,3-4,8H2,1H3,(H2,15,19,20). The number of anilines is 1. The van der Waals surface area contributed by atoms with Crippen LogP contribution in [0.3, 0.4) is 0 Å². The second-order valence-corrected chi connectivity index (χ2v) is 6.96. The lowest BCUT2D eigenvalue weighted by molar-refractivity contribution is 0.598. The van der Waals surface area contributed by atoms with Gasteiger partial charge in [-0.05, 0) is 37.5 Å². The SMILES string of the molecule is Cc1ccc(S(N)(=O)=O)cc1NCc1cncn1C1CC1. The number of rotatable bonds is 5. The number of imidazole rings is 1. The zero-order valence-electron chi connectivity index (χ0n) is 11.8. The smallest absolute Gasteiger partial charge is 0.238 e. The molecule has 7 heteroatoms. The lowest BCUT2D eigenvalue weighted by atomic mass is 10.2. The molecule has 1 heterocycles. The Bertz CT molecular complexity index is 763. The summed E-state index contributed by atoms with van der Waals surface area (Å²) in [6.45, 7) is 2.53. The van der Waals surface area contributed by atoms with Crippen LogP contribution in [0.15, 0.2) is 35.6 Å². The van der Waals surface area contributed by atoms with Gasteiger partial charge in [-0.15, -0.1) is 0 Å². The minimum Gasteiger partial charge on any atom is -0.379 e. The Labute approximate surface area is 124 Å². The summed E-state index contributed by atoms with van der Waals surface area (Å²) in [5, 5.41) is 8.44. The van der Waals surface area contributed by atoms with E-state index in [0.717, 1.165) is 16.9 Å². The van der Waals surface area contributed by atoms with Crippen molar-refractivity contribution in [3.8, 4) is 0 Å². The highest BCUT2D eigenvalue weighted by atomic mass is 32.2. The molecule has 0 bridgehead atoms. The molecule has 6 nitrogen and oxygen atoms in total. The highest BCUT2D eigenvalue weighted by Crippen LogP contribution is 2.35. The van der Waals surface area contributed by atoms with Gasteiger partial charge in [-0.3, -0.25) is 0 Å². The van der Waals surface area contributed by atoms with Crippen molar-refractivity contribution in [3.05, 3.63) is 42.0 Å². The number of primary sulfonamides is 1. The summed E-state index contributed by atoms with van der Waals surface area (Å²) >= 11 is 0. The van der Waals surface area contributed by atoms with Crippen LogP contribution in [0.1, 0.15) is 30.1 Å². The van der Waals surface area contributed by atoms with E-state index in [1.165, 1.54) is 18.9 Å². The van der Waals surface area contributed by atoms with E-state index in [1.54, 1.807) is 12.1 Å². The molecule has 112 valence electrons. The van der Waals surface area contributed by atoms with Gasteiger partial charge in [0.15, 0.2) is 0 Å². The van der Waals surface area contributed by atoms with Crippen LogP contribution in [0, 0.1) is 6.92 Å². The van der Waals surface area contributed by atoms with E-state index in [2.05, 4.69) is 14.9 Å². The average molecular weight is 306 g/mol. The quantitative estimate of drug-likeness (QED) is 0.881. The zero-order valence-corrected chi connectivity index (χ0v) is 12.6. The van der Waals surface area contributed by atoms with Crippen LogP contribution in [-0.4, -0.2) is 18.0 Å². The Morgan fingerprint density at radius 2 is 2.19 bits per heavy atom. The maximum atomic E-state index is 11.4. The molecule has 0 atom stereocenters. The lowest BCUT2D eigenvalue weighted by Crippen LogP contribution is -2.13. The highest BCUT2D eigenvalue weighted by Gasteiger charge is 2.25. The third-order valence-electron chi connectivity index (χ3n) is 3.68. The van der Waals surface area contributed by atoms with Crippen molar-refractivity contribution in [1.82, 2.24) is 9.55 Å². The molecular formula is C14H18N4O2S. The Morgan fingerprint density at radius 1 is 1.43 bits per heavy atom. The molecule has 21 heavy (non-hydrogen) atoms.